The molecule has 104 valence electrons. The van der Waals surface area contributed by atoms with Crippen molar-refractivity contribution in [3.05, 3.63) is 48.0 Å². The van der Waals surface area contributed by atoms with Gasteiger partial charge in [-0.15, -0.1) is 0 Å². The number of hydrogen-bond donors (Lipinski definition) is 1. The second-order valence-corrected chi connectivity index (χ2v) is 5.74. The van der Waals surface area contributed by atoms with Crippen LogP contribution in [0.15, 0.2) is 42.5 Å². The van der Waals surface area contributed by atoms with E-state index >= 15 is 0 Å². The van der Waals surface area contributed by atoms with E-state index in [1.807, 2.05) is 0 Å². The second kappa shape index (κ2) is 4.85. The summed E-state index contributed by atoms with van der Waals surface area (Å²) in [6.45, 7) is 4.16. The molecule has 2 heterocycles. The lowest BCUT2D eigenvalue weighted by molar-refractivity contribution is -0.145. The molecule has 2 aromatic rings. The number of morpholine rings is 1. The summed E-state index contributed by atoms with van der Waals surface area (Å²) < 4.78 is 11.6. The normalized spacial score (nSPS) is 25.3. The van der Waals surface area contributed by atoms with E-state index in [1.54, 1.807) is 0 Å². The van der Waals surface area contributed by atoms with E-state index in [-0.39, 0.29) is 11.5 Å². The van der Waals surface area contributed by atoms with E-state index in [0.29, 0.717) is 0 Å². The summed E-state index contributed by atoms with van der Waals surface area (Å²) >= 11 is 0. The molecule has 0 saturated carbocycles. The van der Waals surface area contributed by atoms with E-state index in [2.05, 4.69) is 47.8 Å². The molecule has 3 nitrogen and oxygen atoms in total. The first-order chi connectivity index (χ1) is 9.90. The highest BCUT2D eigenvalue weighted by molar-refractivity contribution is 5.87. The Bertz CT molecular complexity index is 610. The minimum atomic E-state index is 0.00822. The monoisotopic (exact) mass is 269 g/mol. The van der Waals surface area contributed by atoms with Crippen molar-refractivity contribution in [2.75, 3.05) is 32.9 Å². The first-order valence-electron chi connectivity index (χ1n) is 7.28. The molecule has 2 fully saturated rings. The smallest absolute Gasteiger partial charge is 0.0841 e. The summed E-state index contributed by atoms with van der Waals surface area (Å²) in [6.07, 6.45) is 0.204. The lowest BCUT2D eigenvalue weighted by Crippen LogP contribution is -2.61. The maximum atomic E-state index is 6.05. The third kappa shape index (κ3) is 1.78. The van der Waals surface area contributed by atoms with Crippen molar-refractivity contribution in [2.45, 2.75) is 11.5 Å². The van der Waals surface area contributed by atoms with E-state index in [9.17, 15) is 0 Å². The Morgan fingerprint density at radius 1 is 1.05 bits per heavy atom. The van der Waals surface area contributed by atoms with Crippen molar-refractivity contribution in [1.82, 2.24) is 5.32 Å². The van der Waals surface area contributed by atoms with Gasteiger partial charge in [-0.3, -0.25) is 0 Å². The molecule has 2 saturated heterocycles. The van der Waals surface area contributed by atoms with Gasteiger partial charge in [-0.05, 0) is 16.3 Å². The molecule has 4 rings (SSSR count). The molecule has 0 spiro atoms. The Labute approximate surface area is 118 Å². The average Bonchev–Trinajstić information content (AvgIpc) is 2.48. The Morgan fingerprint density at radius 3 is 2.65 bits per heavy atom. The van der Waals surface area contributed by atoms with Crippen LogP contribution in [0.3, 0.4) is 0 Å². The summed E-state index contributed by atoms with van der Waals surface area (Å²) in [6, 6.07) is 15.1. The van der Waals surface area contributed by atoms with Gasteiger partial charge in [0, 0.05) is 13.1 Å². The van der Waals surface area contributed by atoms with E-state index in [4.69, 9.17) is 9.47 Å². The van der Waals surface area contributed by atoms with Crippen LogP contribution in [0.5, 0.6) is 0 Å². The molecule has 20 heavy (non-hydrogen) atoms. The highest BCUT2D eigenvalue weighted by Gasteiger charge is 2.49. The van der Waals surface area contributed by atoms with Crippen molar-refractivity contribution < 1.29 is 9.47 Å². The molecular weight excluding hydrogens is 250 g/mol. The van der Waals surface area contributed by atoms with E-state index < -0.39 is 0 Å². The average molecular weight is 269 g/mol. The molecule has 0 aliphatic carbocycles. The molecule has 2 aromatic carbocycles. The lowest BCUT2D eigenvalue weighted by Gasteiger charge is -2.49. The molecule has 1 N–H and O–H groups in total. The zero-order valence-corrected chi connectivity index (χ0v) is 11.5. The molecule has 2 aliphatic rings. The summed E-state index contributed by atoms with van der Waals surface area (Å²) in [4.78, 5) is 0. The SMILES string of the molecule is c1ccc2c(C3(C4CNCCO4)COC3)cccc2c1. The standard InChI is InChI=1S/C17H19NO2/c1-2-6-14-13(4-1)5-3-7-15(14)17(11-19-12-17)16-10-18-8-9-20-16/h1-7,16,18H,8-12H2. The van der Waals surface area contributed by atoms with Crippen LogP contribution in [0.2, 0.25) is 0 Å². The van der Waals surface area contributed by atoms with Crippen LogP contribution < -0.4 is 5.32 Å². The number of benzene rings is 2. The molecule has 2 aliphatic heterocycles. The van der Waals surface area contributed by atoms with Crippen LogP contribution in [-0.2, 0) is 14.9 Å². The molecular formula is C17H19NO2. The maximum absolute atomic E-state index is 6.05. The molecule has 0 aromatic heterocycles. The Balaban J connectivity index is 1.83. The van der Waals surface area contributed by atoms with Crippen LogP contribution in [0, 0.1) is 0 Å². The molecule has 3 heteroatoms. The van der Waals surface area contributed by atoms with Gasteiger partial charge >= 0.3 is 0 Å². The first kappa shape index (κ1) is 12.3. The van der Waals surface area contributed by atoms with Crippen molar-refractivity contribution in [2.24, 2.45) is 0 Å². The van der Waals surface area contributed by atoms with Gasteiger partial charge in [-0.2, -0.15) is 0 Å². The highest BCUT2D eigenvalue weighted by atomic mass is 16.5. The summed E-state index contributed by atoms with van der Waals surface area (Å²) in [5.74, 6) is 0. The van der Waals surface area contributed by atoms with Crippen molar-refractivity contribution in [3.63, 3.8) is 0 Å². The van der Waals surface area contributed by atoms with Crippen LogP contribution in [0.25, 0.3) is 10.8 Å². The molecule has 1 unspecified atom stereocenters. The number of hydrogen-bond acceptors (Lipinski definition) is 3. The Hall–Kier alpha value is -1.42. The van der Waals surface area contributed by atoms with Crippen molar-refractivity contribution >= 4 is 10.8 Å². The third-order valence-corrected chi connectivity index (χ3v) is 4.59. The van der Waals surface area contributed by atoms with Crippen LogP contribution in [0.1, 0.15) is 5.56 Å². The fraction of sp³-hybridized carbons (Fsp3) is 0.412. The quantitative estimate of drug-likeness (QED) is 0.905. The van der Waals surface area contributed by atoms with E-state index in [0.717, 1.165) is 32.9 Å². The Kier molecular flexibility index (Phi) is 2.99. The van der Waals surface area contributed by atoms with Gasteiger partial charge in [-0.1, -0.05) is 42.5 Å². The Morgan fingerprint density at radius 2 is 1.90 bits per heavy atom. The largest absolute Gasteiger partial charge is 0.379 e. The zero-order valence-electron chi connectivity index (χ0n) is 11.5. The second-order valence-electron chi connectivity index (χ2n) is 5.74. The van der Waals surface area contributed by atoms with Gasteiger partial charge in [0.2, 0.25) is 0 Å². The number of rotatable bonds is 2. The summed E-state index contributed by atoms with van der Waals surface area (Å²) in [5.41, 5.74) is 1.38. The molecule has 1 atom stereocenters. The van der Waals surface area contributed by atoms with Crippen molar-refractivity contribution in [1.29, 1.82) is 0 Å². The van der Waals surface area contributed by atoms with Gasteiger partial charge < -0.3 is 14.8 Å². The van der Waals surface area contributed by atoms with E-state index in [1.165, 1.54) is 16.3 Å². The number of nitrogens with one attached hydrogen (secondary N) is 1. The fourth-order valence-corrected chi connectivity index (χ4v) is 3.42. The predicted molar refractivity (Wildman–Crippen MR) is 79.1 cm³/mol. The molecule has 0 radical (unpaired) electrons. The van der Waals surface area contributed by atoms with Gasteiger partial charge in [0.25, 0.3) is 0 Å². The fourth-order valence-electron chi connectivity index (χ4n) is 3.42. The lowest BCUT2D eigenvalue weighted by atomic mass is 9.71. The molecule has 0 bridgehead atoms. The highest BCUT2D eigenvalue weighted by Crippen LogP contribution is 2.41. The zero-order chi connectivity index (χ0) is 13.4. The van der Waals surface area contributed by atoms with Crippen LogP contribution >= 0.6 is 0 Å². The van der Waals surface area contributed by atoms with Gasteiger partial charge in [0.1, 0.15) is 0 Å². The first-order valence-corrected chi connectivity index (χ1v) is 7.28. The number of ether oxygens (including phenoxy) is 2. The topological polar surface area (TPSA) is 30.5 Å². The summed E-state index contributed by atoms with van der Waals surface area (Å²) in [5, 5.41) is 6.06. The minimum absolute atomic E-state index is 0.00822. The van der Waals surface area contributed by atoms with Gasteiger partial charge in [-0.25, -0.2) is 0 Å². The van der Waals surface area contributed by atoms with Crippen LogP contribution in [-0.4, -0.2) is 39.0 Å². The molecule has 0 amide bonds. The van der Waals surface area contributed by atoms with Gasteiger partial charge in [0.15, 0.2) is 0 Å². The third-order valence-electron chi connectivity index (χ3n) is 4.59. The van der Waals surface area contributed by atoms with Gasteiger partial charge in [0.05, 0.1) is 31.3 Å². The maximum Gasteiger partial charge on any atom is 0.0841 e. The van der Waals surface area contributed by atoms with Crippen LogP contribution in [0.4, 0.5) is 0 Å². The minimum Gasteiger partial charge on any atom is -0.379 e. The van der Waals surface area contributed by atoms with Crippen molar-refractivity contribution in [3.8, 4) is 0 Å². The predicted octanol–water partition coefficient (Wildman–Crippen LogP) is 2.10. The summed E-state index contributed by atoms with van der Waals surface area (Å²) in [7, 11) is 0. The number of fused-ring (bicyclic) bond motifs is 1.